The van der Waals surface area contributed by atoms with Gasteiger partial charge in [-0.25, -0.2) is 12.7 Å². The van der Waals surface area contributed by atoms with Gasteiger partial charge >= 0.3 is 0 Å². The van der Waals surface area contributed by atoms with Gasteiger partial charge in [-0.05, 0) is 12.3 Å². The number of nitrogens with one attached hydrogen (secondary N) is 1. The van der Waals surface area contributed by atoms with E-state index in [1.807, 2.05) is 20.8 Å². The maximum Gasteiger partial charge on any atom is 0.221 e. The summed E-state index contributed by atoms with van der Waals surface area (Å²) in [7, 11) is -3.21. The number of nitrogens with zero attached hydrogens (tertiary/aromatic N) is 1. The molecule has 0 saturated carbocycles. The third kappa shape index (κ3) is 8.47. The third-order valence-electron chi connectivity index (χ3n) is 2.53. The summed E-state index contributed by atoms with van der Waals surface area (Å²) in [5.74, 6) is 0.314. The van der Waals surface area contributed by atoms with Crippen LogP contribution in [0.5, 0.6) is 0 Å². The van der Waals surface area contributed by atoms with E-state index < -0.39 is 10.0 Å². The van der Waals surface area contributed by atoms with Crippen LogP contribution in [0.2, 0.25) is 0 Å². The van der Waals surface area contributed by atoms with Gasteiger partial charge in [0.1, 0.15) is 0 Å². The van der Waals surface area contributed by atoms with Gasteiger partial charge in [-0.2, -0.15) is 0 Å². The third-order valence-corrected chi connectivity index (χ3v) is 3.83. The Kier molecular flexibility index (Phi) is 8.18. The first-order valence-electron chi connectivity index (χ1n) is 6.49. The standard InChI is InChI=1S/C12H26N2O3S/c1-5-6-8-14(18(4,16)17)9-7-12(15)13-10-11(2)3/h11H,5-10H2,1-4H3,(H,13,15). The number of carbonyl (C=O) groups is 1. The highest BCUT2D eigenvalue weighted by molar-refractivity contribution is 7.88. The molecule has 6 heteroatoms. The molecule has 0 heterocycles. The predicted molar refractivity (Wildman–Crippen MR) is 73.8 cm³/mol. The molecule has 0 saturated heterocycles. The average molecular weight is 278 g/mol. The van der Waals surface area contributed by atoms with Crippen LogP contribution in [-0.2, 0) is 14.8 Å². The van der Waals surface area contributed by atoms with Gasteiger partial charge in [-0.1, -0.05) is 27.2 Å². The Balaban J connectivity index is 4.14. The molecular weight excluding hydrogens is 252 g/mol. The Bertz CT molecular complexity index is 339. The number of amides is 1. The summed E-state index contributed by atoms with van der Waals surface area (Å²) in [5.41, 5.74) is 0. The molecule has 1 N–H and O–H groups in total. The Hall–Kier alpha value is -0.620. The van der Waals surface area contributed by atoms with Crippen LogP contribution in [0.1, 0.15) is 40.0 Å². The van der Waals surface area contributed by atoms with Gasteiger partial charge in [0.2, 0.25) is 15.9 Å². The fraction of sp³-hybridized carbons (Fsp3) is 0.917. The highest BCUT2D eigenvalue weighted by atomic mass is 32.2. The molecule has 0 aliphatic carbocycles. The molecule has 18 heavy (non-hydrogen) atoms. The summed E-state index contributed by atoms with van der Waals surface area (Å²) >= 11 is 0. The fourth-order valence-corrected chi connectivity index (χ4v) is 2.29. The van der Waals surface area contributed by atoms with Crippen LogP contribution in [0.15, 0.2) is 0 Å². The molecule has 0 atom stereocenters. The van der Waals surface area contributed by atoms with E-state index in [0.29, 0.717) is 19.0 Å². The van der Waals surface area contributed by atoms with E-state index in [1.165, 1.54) is 10.6 Å². The first-order chi connectivity index (χ1) is 8.27. The Labute approximate surface area is 111 Å². The normalized spacial score (nSPS) is 12.1. The molecule has 0 aromatic rings. The lowest BCUT2D eigenvalue weighted by Gasteiger charge is -2.19. The lowest BCUT2D eigenvalue weighted by molar-refractivity contribution is -0.121. The zero-order valence-corrected chi connectivity index (χ0v) is 12.7. The number of unbranched alkanes of at least 4 members (excludes halogenated alkanes) is 1. The Morgan fingerprint density at radius 3 is 2.33 bits per heavy atom. The van der Waals surface area contributed by atoms with Crippen molar-refractivity contribution in [2.24, 2.45) is 5.92 Å². The summed E-state index contributed by atoms with van der Waals surface area (Å²) in [6.07, 6.45) is 3.17. The van der Waals surface area contributed by atoms with Gasteiger partial charge in [0.05, 0.1) is 6.26 Å². The molecule has 1 amide bonds. The lowest BCUT2D eigenvalue weighted by atomic mass is 10.2. The fourth-order valence-electron chi connectivity index (χ4n) is 1.41. The van der Waals surface area contributed by atoms with Crippen molar-refractivity contribution in [2.75, 3.05) is 25.9 Å². The van der Waals surface area contributed by atoms with Crippen molar-refractivity contribution in [1.29, 1.82) is 0 Å². The van der Waals surface area contributed by atoms with Crippen molar-refractivity contribution in [1.82, 2.24) is 9.62 Å². The first-order valence-corrected chi connectivity index (χ1v) is 8.34. The molecular formula is C12H26N2O3S. The molecule has 0 rings (SSSR count). The largest absolute Gasteiger partial charge is 0.356 e. The second-order valence-electron chi connectivity index (χ2n) is 4.96. The van der Waals surface area contributed by atoms with Crippen molar-refractivity contribution in [3.8, 4) is 0 Å². The molecule has 0 aliphatic rings. The molecule has 0 aliphatic heterocycles. The topological polar surface area (TPSA) is 66.5 Å². The van der Waals surface area contributed by atoms with Gasteiger partial charge in [-0.15, -0.1) is 0 Å². The minimum Gasteiger partial charge on any atom is -0.356 e. The van der Waals surface area contributed by atoms with E-state index in [0.717, 1.165) is 12.8 Å². The summed E-state index contributed by atoms with van der Waals surface area (Å²) in [4.78, 5) is 11.5. The summed E-state index contributed by atoms with van der Waals surface area (Å²) in [6, 6.07) is 0. The van der Waals surface area contributed by atoms with Crippen molar-refractivity contribution in [3.63, 3.8) is 0 Å². The first kappa shape index (κ1) is 17.4. The van der Waals surface area contributed by atoms with Gasteiger partial charge in [-0.3, -0.25) is 4.79 Å². The molecule has 0 radical (unpaired) electrons. The van der Waals surface area contributed by atoms with Crippen molar-refractivity contribution in [3.05, 3.63) is 0 Å². The smallest absolute Gasteiger partial charge is 0.221 e. The van der Waals surface area contributed by atoms with Crippen LogP contribution in [0.25, 0.3) is 0 Å². The predicted octanol–water partition coefficient (Wildman–Crippen LogP) is 1.21. The monoisotopic (exact) mass is 278 g/mol. The van der Waals surface area contributed by atoms with Crippen LogP contribution >= 0.6 is 0 Å². The molecule has 5 nitrogen and oxygen atoms in total. The number of hydrogen-bond acceptors (Lipinski definition) is 3. The molecule has 0 bridgehead atoms. The van der Waals surface area contributed by atoms with Gasteiger partial charge < -0.3 is 5.32 Å². The van der Waals surface area contributed by atoms with Crippen molar-refractivity contribution < 1.29 is 13.2 Å². The Morgan fingerprint density at radius 1 is 1.28 bits per heavy atom. The second kappa shape index (κ2) is 8.48. The number of hydrogen-bond donors (Lipinski definition) is 1. The lowest BCUT2D eigenvalue weighted by Crippen LogP contribution is -2.36. The van der Waals surface area contributed by atoms with Crippen LogP contribution in [0.4, 0.5) is 0 Å². The van der Waals surface area contributed by atoms with E-state index in [4.69, 9.17) is 0 Å². The second-order valence-corrected chi connectivity index (χ2v) is 6.95. The van der Waals surface area contributed by atoms with Crippen LogP contribution in [-0.4, -0.2) is 44.5 Å². The van der Waals surface area contributed by atoms with Gasteiger partial charge in [0.15, 0.2) is 0 Å². The molecule has 0 fully saturated rings. The Morgan fingerprint density at radius 2 is 1.89 bits per heavy atom. The van der Waals surface area contributed by atoms with E-state index in [9.17, 15) is 13.2 Å². The van der Waals surface area contributed by atoms with E-state index in [1.54, 1.807) is 0 Å². The van der Waals surface area contributed by atoms with Gasteiger partial charge in [0.25, 0.3) is 0 Å². The molecule has 0 unspecified atom stereocenters. The molecule has 0 spiro atoms. The minimum absolute atomic E-state index is 0.0890. The van der Waals surface area contributed by atoms with Crippen LogP contribution in [0.3, 0.4) is 0 Å². The SMILES string of the molecule is CCCCN(CCC(=O)NCC(C)C)S(C)(=O)=O. The summed E-state index contributed by atoms with van der Waals surface area (Å²) in [6.45, 7) is 7.44. The highest BCUT2D eigenvalue weighted by Gasteiger charge is 2.16. The van der Waals surface area contributed by atoms with Crippen LogP contribution < -0.4 is 5.32 Å². The molecule has 0 aromatic heterocycles. The van der Waals surface area contributed by atoms with E-state index in [2.05, 4.69) is 5.32 Å². The number of carbonyl (C=O) groups excluding carboxylic acids is 1. The number of rotatable bonds is 9. The zero-order valence-electron chi connectivity index (χ0n) is 11.9. The van der Waals surface area contributed by atoms with Gasteiger partial charge in [0, 0.05) is 26.1 Å². The zero-order chi connectivity index (χ0) is 14.2. The maximum atomic E-state index is 11.5. The van der Waals surface area contributed by atoms with E-state index >= 15 is 0 Å². The summed E-state index contributed by atoms with van der Waals surface area (Å²) in [5, 5.41) is 2.78. The van der Waals surface area contributed by atoms with Crippen molar-refractivity contribution >= 4 is 15.9 Å². The molecule has 108 valence electrons. The highest BCUT2D eigenvalue weighted by Crippen LogP contribution is 2.03. The summed E-state index contributed by atoms with van der Waals surface area (Å²) < 4.78 is 24.4. The van der Waals surface area contributed by atoms with Crippen molar-refractivity contribution in [2.45, 2.75) is 40.0 Å². The number of sulfonamides is 1. The maximum absolute atomic E-state index is 11.5. The average Bonchev–Trinajstić information content (AvgIpc) is 2.24. The van der Waals surface area contributed by atoms with Crippen LogP contribution in [0, 0.1) is 5.92 Å². The van der Waals surface area contributed by atoms with E-state index in [-0.39, 0.29) is 18.9 Å². The quantitative estimate of drug-likeness (QED) is 0.689. The molecule has 0 aromatic carbocycles. The minimum atomic E-state index is -3.21.